The molecule has 0 aliphatic heterocycles. The Morgan fingerprint density at radius 3 is 2.87 bits per heavy atom. The molecule has 1 N–H and O–H groups in total. The molecule has 1 unspecified atom stereocenters. The Kier molecular flexibility index (Phi) is 6.59. The summed E-state index contributed by atoms with van der Waals surface area (Å²) in [5.74, 6) is 3.28. The van der Waals surface area contributed by atoms with Crippen LogP contribution >= 0.6 is 11.8 Å². The Morgan fingerprint density at radius 2 is 2.13 bits per heavy atom. The number of aryl methyl sites for hydroxylation is 1. The van der Waals surface area contributed by atoms with Gasteiger partial charge in [-0.1, -0.05) is 12.1 Å². The van der Waals surface area contributed by atoms with Crippen molar-refractivity contribution in [2.45, 2.75) is 32.6 Å². The van der Waals surface area contributed by atoms with Gasteiger partial charge >= 0.3 is 0 Å². The molecule has 2 rings (SSSR count). The number of hydrogen-bond donors (Lipinski definition) is 1. The van der Waals surface area contributed by atoms with Gasteiger partial charge in [0.2, 0.25) is 0 Å². The maximum Gasteiger partial charge on any atom is 0.260 e. The molecule has 1 atom stereocenters. The zero-order chi connectivity index (χ0) is 16.7. The number of amides is 1. The molecule has 0 spiro atoms. The van der Waals surface area contributed by atoms with Crippen LogP contribution in [-0.4, -0.2) is 24.3 Å². The van der Waals surface area contributed by atoms with Gasteiger partial charge in [0.1, 0.15) is 11.5 Å². The zero-order valence-electron chi connectivity index (χ0n) is 13.8. The van der Waals surface area contributed by atoms with Crippen molar-refractivity contribution in [3.8, 4) is 5.75 Å². The molecule has 0 saturated heterocycles. The van der Waals surface area contributed by atoms with E-state index in [0.29, 0.717) is 6.54 Å². The predicted molar refractivity (Wildman–Crippen MR) is 93.9 cm³/mol. The van der Waals surface area contributed by atoms with Gasteiger partial charge in [-0.15, -0.1) is 0 Å². The first-order valence-electron chi connectivity index (χ1n) is 7.68. The predicted octanol–water partition coefficient (Wildman–Crippen LogP) is 3.71. The van der Waals surface area contributed by atoms with Gasteiger partial charge in [-0.05, 0) is 50.1 Å². The topological polar surface area (TPSA) is 51.5 Å². The van der Waals surface area contributed by atoms with E-state index in [9.17, 15) is 4.79 Å². The fraction of sp³-hybridized carbons (Fsp3) is 0.389. The molecule has 0 aliphatic rings. The van der Waals surface area contributed by atoms with Crippen LogP contribution in [0.4, 0.5) is 0 Å². The summed E-state index contributed by atoms with van der Waals surface area (Å²) >= 11 is 1.72. The van der Waals surface area contributed by atoms with Crippen LogP contribution in [0.1, 0.15) is 23.8 Å². The summed E-state index contributed by atoms with van der Waals surface area (Å²) in [6.45, 7) is 6.42. The monoisotopic (exact) mass is 333 g/mol. The standard InChI is InChI=1S/C18H23NO3S/c1-13-6-4-8-17(14(13)2)22-15(3)18(20)19-9-11-23-12-16-7-5-10-21-16/h4-8,10,15H,9,11-12H2,1-3H3,(H,19,20). The lowest BCUT2D eigenvalue weighted by atomic mass is 10.1. The lowest BCUT2D eigenvalue weighted by molar-refractivity contribution is -0.127. The first-order valence-corrected chi connectivity index (χ1v) is 8.84. The number of carbonyl (C=O) groups is 1. The maximum atomic E-state index is 12.1. The van der Waals surface area contributed by atoms with Crippen molar-refractivity contribution >= 4 is 17.7 Å². The number of benzene rings is 1. The van der Waals surface area contributed by atoms with Gasteiger partial charge in [-0.25, -0.2) is 0 Å². The van der Waals surface area contributed by atoms with Crippen LogP contribution in [0.3, 0.4) is 0 Å². The van der Waals surface area contributed by atoms with E-state index in [1.807, 2.05) is 44.2 Å². The molecule has 0 saturated carbocycles. The molecule has 4 nitrogen and oxygen atoms in total. The molecular formula is C18H23NO3S. The number of hydrogen-bond acceptors (Lipinski definition) is 4. The Hall–Kier alpha value is -1.88. The van der Waals surface area contributed by atoms with E-state index in [2.05, 4.69) is 5.32 Å². The van der Waals surface area contributed by atoms with E-state index in [1.165, 1.54) is 0 Å². The average molecular weight is 333 g/mol. The van der Waals surface area contributed by atoms with E-state index >= 15 is 0 Å². The lowest BCUT2D eigenvalue weighted by Gasteiger charge is -2.17. The van der Waals surface area contributed by atoms with Gasteiger partial charge in [0.05, 0.1) is 12.0 Å². The number of furan rings is 1. The summed E-state index contributed by atoms with van der Waals surface area (Å²) in [6, 6.07) is 9.69. The van der Waals surface area contributed by atoms with E-state index in [-0.39, 0.29) is 5.91 Å². The molecule has 124 valence electrons. The van der Waals surface area contributed by atoms with Crippen LogP contribution in [-0.2, 0) is 10.5 Å². The molecule has 2 aromatic rings. The molecule has 0 fully saturated rings. The molecule has 5 heteroatoms. The van der Waals surface area contributed by atoms with E-state index in [0.717, 1.165) is 34.1 Å². The first kappa shape index (κ1) is 17.5. The zero-order valence-corrected chi connectivity index (χ0v) is 14.6. The molecule has 1 aromatic heterocycles. The fourth-order valence-electron chi connectivity index (χ4n) is 2.05. The van der Waals surface area contributed by atoms with Gasteiger partial charge in [0, 0.05) is 12.3 Å². The van der Waals surface area contributed by atoms with Crippen LogP contribution in [0, 0.1) is 13.8 Å². The number of thioether (sulfide) groups is 1. The second kappa shape index (κ2) is 8.67. The summed E-state index contributed by atoms with van der Waals surface area (Å²) in [7, 11) is 0. The van der Waals surface area contributed by atoms with Crippen LogP contribution in [0.15, 0.2) is 41.0 Å². The highest BCUT2D eigenvalue weighted by atomic mass is 32.2. The molecule has 0 radical (unpaired) electrons. The lowest BCUT2D eigenvalue weighted by Crippen LogP contribution is -2.37. The quantitative estimate of drug-likeness (QED) is 0.748. The average Bonchev–Trinajstić information content (AvgIpc) is 3.04. The first-order chi connectivity index (χ1) is 11.1. The second-order valence-electron chi connectivity index (χ2n) is 5.38. The van der Waals surface area contributed by atoms with Gasteiger partial charge in [-0.3, -0.25) is 4.79 Å². The summed E-state index contributed by atoms with van der Waals surface area (Å²) in [6.07, 6.45) is 1.16. The highest BCUT2D eigenvalue weighted by Gasteiger charge is 2.15. The normalized spacial score (nSPS) is 12.0. The Labute approximate surface area is 141 Å². The van der Waals surface area contributed by atoms with Crippen LogP contribution < -0.4 is 10.1 Å². The summed E-state index contributed by atoms with van der Waals surface area (Å²) in [5.41, 5.74) is 2.23. The van der Waals surface area contributed by atoms with Gasteiger partial charge in [0.15, 0.2) is 6.10 Å². The second-order valence-corrected chi connectivity index (χ2v) is 6.49. The highest BCUT2D eigenvalue weighted by molar-refractivity contribution is 7.98. The van der Waals surface area contributed by atoms with Crippen molar-refractivity contribution in [2.75, 3.05) is 12.3 Å². The van der Waals surface area contributed by atoms with Gasteiger partial charge < -0.3 is 14.5 Å². The SMILES string of the molecule is Cc1cccc(OC(C)C(=O)NCCSCc2ccco2)c1C. The minimum absolute atomic E-state index is 0.0931. The van der Waals surface area contributed by atoms with E-state index in [4.69, 9.17) is 9.15 Å². The fourth-order valence-corrected chi connectivity index (χ4v) is 2.81. The maximum absolute atomic E-state index is 12.1. The van der Waals surface area contributed by atoms with Crippen molar-refractivity contribution in [3.05, 3.63) is 53.5 Å². The number of carbonyl (C=O) groups excluding carboxylic acids is 1. The smallest absolute Gasteiger partial charge is 0.260 e. The molecular weight excluding hydrogens is 310 g/mol. The van der Waals surface area contributed by atoms with Crippen LogP contribution in [0.25, 0.3) is 0 Å². The minimum Gasteiger partial charge on any atom is -0.481 e. The Balaban J connectivity index is 1.69. The molecule has 0 bridgehead atoms. The van der Waals surface area contributed by atoms with Crippen molar-refractivity contribution in [2.24, 2.45) is 0 Å². The molecule has 1 heterocycles. The number of ether oxygens (including phenoxy) is 1. The third-order valence-electron chi connectivity index (χ3n) is 3.60. The molecule has 0 aliphatic carbocycles. The highest BCUT2D eigenvalue weighted by Crippen LogP contribution is 2.21. The van der Waals surface area contributed by atoms with Gasteiger partial charge in [0.25, 0.3) is 5.91 Å². The van der Waals surface area contributed by atoms with Crippen molar-refractivity contribution in [3.63, 3.8) is 0 Å². The van der Waals surface area contributed by atoms with Crippen molar-refractivity contribution in [1.82, 2.24) is 5.32 Å². The van der Waals surface area contributed by atoms with E-state index in [1.54, 1.807) is 24.9 Å². The number of rotatable bonds is 8. The largest absolute Gasteiger partial charge is 0.481 e. The summed E-state index contributed by atoms with van der Waals surface area (Å²) < 4.78 is 11.0. The van der Waals surface area contributed by atoms with E-state index < -0.39 is 6.10 Å². The third kappa shape index (κ3) is 5.36. The third-order valence-corrected chi connectivity index (χ3v) is 4.58. The van der Waals surface area contributed by atoms with Crippen LogP contribution in [0.2, 0.25) is 0 Å². The van der Waals surface area contributed by atoms with Gasteiger partial charge in [-0.2, -0.15) is 11.8 Å². The molecule has 1 amide bonds. The molecule has 1 aromatic carbocycles. The van der Waals surface area contributed by atoms with Crippen molar-refractivity contribution < 1.29 is 13.9 Å². The van der Waals surface area contributed by atoms with Crippen LogP contribution in [0.5, 0.6) is 5.75 Å². The molecule has 23 heavy (non-hydrogen) atoms. The van der Waals surface area contributed by atoms with Crippen molar-refractivity contribution in [1.29, 1.82) is 0 Å². The minimum atomic E-state index is -0.509. The Morgan fingerprint density at radius 1 is 1.30 bits per heavy atom. The summed E-state index contributed by atoms with van der Waals surface area (Å²) in [4.78, 5) is 12.1. The Bertz CT molecular complexity index is 625. The summed E-state index contributed by atoms with van der Waals surface area (Å²) in [5, 5.41) is 2.90. The number of nitrogens with one attached hydrogen (secondary N) is 1.